The first-order valence-electron chi connectivity index (χ1n) is 8.37. The molecule has 1 amide bonds. The molecular formula is C16H32N4O2. The van der Waals surface area contributed by atoms with E-state index in [1.807, 2.05) is 25.7 Å². The van der Waals surface area contributed by atoms with Crippen LogP contribution in [0.25, 0.3) is 0 Å². The van der Waals surface area contributed by atoms with Gasteiger partial charge in [-0.05, 0) is 40.7 Å². The van der Waals surface area contributed by atoms with Crippen LogP contribution in [-0.2, 0) is 4.74 Å². The van der Waals surface area contributed by atoms with Crippen LogP contribution in [-0.4, -0.2) is 84.8 Å². The highest BCUT2D eigenvalue weighted by Crippen LogP contribution is 2.29. The molecule has 6 heteroatoms. The molecule has 2 N–H and O–H groups in total. The normalized spacial score (nSPS) is 24.3. The molecule has 0 aliphatic carbocycles. The predicted octanol–water partition coefficient (Wildman–Crippen LogP) is 0.962. The highest BCUT2D eigenvalue weighted by Gasteiger charge is 2.41. The zero-order chi connectivity index (χ0) is 16.4. The van der Waals surface area contributed by atoms with Gasteiger partial charge in [-0.2, -0.15) is 0 Å². The monoisotopic (exact) mass is 312 g/mol. The number of hydrogen-bond donors (Lipinski definition) is 1. The highest BCUT2D eigenvalue weighted by molar-refractivity contribution is 5.68. The highest BCUT2D eigenvalue weighted by atomic mass is 16.6. The van der Waals surface area contributed by atoms with Gasteiger partial charge in [-0.1, -0.05) is 0 Å². The van der Waals surface area contributed by atoms with Crippen molar-refractivity contribution in [1.29, 1.82) is 0 Å². The van der Waals surface area contributed by atoms with E-state index in [9.17, 15) is 4.79 Å². The van der Waals surface area contributed by atoms with E-state index in [2.05, 4.69) is 16.8 Å². The Kier molecular flexibility index (Phi) is 5.35. The molecule has 2 heterocycles. The number of piperidine rings is 1. The van der Waals surface area contributed by atoms with Crippen molar-refractivity contribution in [3.05, 3.63) is 0 Å². The van der Waals surface area contributed by atoms with E-state index < -0.39 is 5.60 Å². The van der Waals surface area contributed by atoms with E-state index in [1.54, 1.807) is 0 Å². The van der Waals surface area contributed by atoms with E-state index in [0.717, 1.165) is 52.1 Å². The second kappa shape index (κ2) is 6.72. The van der Waals surface area contributed by atoms with Crippen LogP contribution in [0.2, 0.25) is 0 Å². The summed E-state index contributed by atoms with van der Waals surface area (Å²) in [5, 5.41) is 0. The molecule has 0 saturated carbocycles. The average molecular weight is 312 g/mol. The maximum atomic E-state index is 12.2. The van der Waals surface area contributed by atoms with E-state index in [4.69, 9.17) is 10.5 Å². The van der Waals surface area contributed by atoms with Crippen LogP contribution in [0.4, 0.5) is 4.79 Å². The van der Waals surface area contributed by atoms with Crippen molar-refractivity contribution in [1.82, 2.24) is 14.7 Å². The minimum atomic E-state index is -0.434. The summed E-state index contributed by atoms with van der Waals surface area (Å²) in [6.45, 7) is 12.2. The van der Waals surface area contributed by atoms with Gasteiger partial charge in [-0.15, -0.1) is 0 Å². The Bertz CT molecular complexity index is 378. The Hall–Kier alpha value is -0.850. The molecule has 2 rings (SSSR count). The summed E-state index contributed by atoms with van der Waals surface area (Å²) in [5.74, 6) is 0. The molecule has 2 fully saturated rings. The molecule has 0 aromatic carbocycles. The SMILES string of the molecule is CN1CCN(C2(CN)CCN(C(=O)OC(C)(C)C)CC2)CC1. The molecule has 0 atom stereocenters. The van der Waals surface area contributed by atoms with E-state index in [0.29, 0.717) is 6.54 Å². The Balaban J connectivity index is 1.92. The van der Waals surface area contributed by atoms with Gasteiger partial charge < -0.3 is 20.3 Å². The molecule has 0 bridgehead atoms. The number of nitrogens with zero attached hydrogens (tertiary/aromatic N) is 3. The Morgan fingerprint density at radius 1 is 1.09 bits per heavy atom. The van der Waals surface area contributed by atoms with Crippen LogP contribution in [0.3, 0.4) is 0 Å². The lowest BCUT2D eigenvalue weighted by molar-refractivity contribution is -0.0167. The Morgan fingerprint density at radius 2 is 1.64 bits per heavy atom. The van der Waals surface area contributed by atoms with Crippen LogP contribution in [0.1, 0.15) is 33.6 Å². The summed E-state index contributed by atoms with van der Waals surface area (Å²) in [4.78, 5) is 18.9. The summed E-state index contributed by atoms with van der Waals surface area (Å²) in [6.07, 6.45) is 1.68. The molecule has 22 heavy (non-hydrogen) atoms. The Labute approximate surface area is 134 Å². The fourth-order valence-corrected chi connectivity index (χ4v) is 3.36. The third kappa shape index (κ3) is 4.12. The third-order valence-electron chi connectivity index (χ3n) is 4.90. The molecule has 128 valence electrons. The van der Waals surface area contributed by atoms with Crippen molar-refractivity contribution in [3.63, 3.8) is 0 Å². The van der Waals surface area contributed by atoms with Gasteiger partial charge in [0.1, 0.15) is 5.60 Å². The number of carbonyl (C=O) groups excluding carboxylic acids is 1. The lowest BCUT2D eigenvalue weighted by Crippen LogP contribution is -2.63. The molecule has 2 aliphatic rings. The molecule has 0 radical (unpaired) electrons. The molecule has 6 nitrogen and oxygen atoms in total. The number of carbonyl (C=O) groups is 1. The molecule has 2 aliphatic heterocycles. The first kappa shape index (κ1) is 17.5. The predicted molar refractivity (Wildman–Crippen MR) is 87.9 cm³/mol. The minimum absolute atomic E-state index is 0.0553. The van der Waals surface area contributed by atoms with Crippen molar-refractivity contribution in [2.45, 2.75) is 44.8 Å². The fraction of sp³-hybridized carbons (Fsp3) is 0.938. The maximum absolute atomic E-state index is 12.2. The Morgan fingerprint density at radius 3 is 2.09 bits per heavy atom. The van der Waals surface area contributed by atoms with E-state index in [1.165, 1.54) is 0 Å². The quantitative estimate of drug-likeness (QED) is 0.823. The number of rotatable bonds is 2. The summed E-state index contributed by atoms with van der Waals surface area (Å²) in [6, 6.07) is 0. The largest absolute Gasteiger partial charge is 0.444 e. The van der Waals surface area contributed by atoms with Gasteiger partial charge in [-0.25, -0.2) is 4.79 Å². The van der Waals surface area contributed by atoms with Crippen molar-refractivity contribution in [3.8, 4) is 0 Å². The van der Waals surface area contributed by atoms with Crippen molar-refractivity contribution >= 4 is 6.09 Å². The van der Waals surface area contributed by atoms with Gasteiger partial charge in [0.15, 0.2) is 0 Å². The van der Waals surface area contributed by atoms with Crippen molar-refractivity contribution in [2.24, 2.45) is 5.73 Å². The van der Waals surface area contributed by atoms with Gasteiger partial charge >= 0.3 is 6.09 Å². The van der Waals surface area contributed by atoms with Crippen molar-refractivity contribution < 1.29 is 9.53 Å². The first-order chi connectivity index (χ1) is 10.3. The minimum Gasteiger partial charge on any atom is -0.444 e. The summed E-state index contributed by atoms with van der Waals surface area (Å²) in [7, 11) is 2.16. The smallest absolute Gasteiger partial charge is 0.410 e. The van der Waals surface area contributed by atoms with Gasteiger partial charge in [0, 0.05) is 51.4 Å². The standard InChI is InChI=1S/C16H32N4O2/c1-15(2,3)22-14(21)19-7-5-16(13-17,6-8-19)20-11-9-18(4)10-12-20/h5-13,17H2,1-4H3. The number of likely N-dealkylation sites (N-methyl/N-ethyl adjacent to an activating group) is 1. The van der Waals surface area contributed by atoms with Gasteiger partial charge in [-0.3, -0.25) is 4.90 Å². The summed E-state index contributed by atoms with van der Waals surface area (Å²) in [5.41, 5.74) is 5.76. The lowest BCUT2D eigenvalue weighted by atomic mass is 9.85. The van der Waals surface area contributed by atoms with Crippen LogP contribution in [0.5, 0.6) is 0 Å². The summed E-state index contributed by atoms with van der Waals surface area (Å²) < 4.78 is 5.47. The number of likely N-dealkylation sites (tertiary alicyclic amines) is 1. The van der Waals surface area contributed by atoms with Crippen LogP contribution in [0, 0.1) is 0 Å². The molecular weight excluding hydrogens is 280 g/mol. The zero-order valence-corrected chi connectivity index (χ0v) is 14.6. The van der Waals surface area contributed by atoms with E-state index >= 15 is 0 Å². The number of ether oxygens (including phenoxy) is 1. The molecule has 0 aromatic heterocycles. The molecule has 0 unspecified atom stereocenters. The van der Waals surface area contributed by atoms with Crippen molar-refractivity contribution in [2.75, 3.05) is 52.9 Å². The third-order valence-corrected chi connectivity index (χ3v) is 4.90. The second-order valence-corrected chi connectivity index (χ2v) is 7.69. The number of amides is 1. The number of nitrogens with two attached hydrogens (primary N) is 1. The molecule has 0 spiro atoms. The summed E-state index contributed by atoms with van der Waals surface area (Å²) >= 11 is 0. The van der Waals surface area contributed by atoms with Gasteiger partial charge in [0.25, 0.3) is 0 Å². The van der Waals surface area contributed by atoms with E-state index in [-0.39, 0.29) is 11.6 Å². The first-order valence-corrected chi connectivity index (χ1v) is 8.37. The average Bonchev–Trinajstić information content (AvgIpc) is 2.46. The van der Waals surface area contributed by atoms with Crippen LogP contribution in [0.15, 0.2) is 0 Å². The molecule has 0 aromatic rings. The zero-order valence-electron chi connectivity index (χ0n) is 14.6. The fourth-order valence-electron chi connectivity index (χ4n) is 3.36. The number of hydrogen-bond acceptors (Lipinski definition) is 5. The lowest BCUT2D eigenvalue weighted by Gasteiger charge is -2.50. The second-order valence-electron chi connectivity index (χ2n) is 7.69. The van der Waals surface area contributed by atoms with Crippen LogP contribution < -0.4 is 5.73 Å². The van der Waals surface area contributed by atoms with Gasteiger partial charge in [0.05, 0.1) is 0 Å². The van der Waals surface area contributed by atoms with Gasteiger partial charge in [0.2, 0.25) is 0 Å². The maximum Gasteiger partial charge on any atom is 0.410 e. The molecule has 2 saturated heterocycles. The topological polar surface area (TPSA) is 62.0 Å². The number of piperazine rings is 1. The van der Waals surface area contributed by atoms with Crippen LogP contribution >= 0.6 is 0 Å².